The number of anilines is 21. The van der Waals surface area contributed by atoms with Gasteiger partial charge in [0.15, 0.2) is 0 Å². The Bertz CT molecular complexity index is 5700. The monoisotopic (exact) mass is 1520 g/mol. The Balaban J connectivity index is 0.670. The van der Waals surface area contributed by atoms with E-state index in [0.717, 1.165) is 153 Å². The predicted octanol–water partition coefficient (Wildman–Crippen LogP) is 31.9. The summed E-state index contributed by atoms with van der Waals surface area (Å²) in [6, 6.07) is 170. The standard InChI is InChI=1S/C111H87N7/c1-82-25-22-40-109(79-82)116(94-34-16-7-17-35-94)100-61-49-88(50-62-100)85-43-55-97(56-44-85)112(91-28-10-4-11-29-91)103-67-73-106(74-68-103)115(107-75-69-104(70-76-107)113(92-30-12-5-13-31-92)98-57-45-86(46-58-98)89-51-63-101(64-52-89)117(95-36-18-8-19-37-95)110-41-23-26-83(2)80-110)108-77-71-105(72-78-108)114(93-32-14-6-15-33-93)99-59-47-87(48-60-99)90-53-65-102(66-54-90)118(96-38-20-9-21-39-96)111-42-24-27-84(3)81-111/h4-81H,1-3H3. The van der Waals surface area contributed by atoms with Gasteiger partial charge in [0.1, 0.15) is 0 Å². The molecule has 18 rings (SSSR count). The lowest BCUT2D eigenvalue weighted by atomic mass is 10.0. The SMILES string of the molecule is Cc1cccc(N(c2ccccc2)c2ccc(-c3ccc(N(c4ccccc4)c4ccc(N(c5ccc(N(c6ccccc6)c6ccc(-c7ccc(N(c8ccccc8)c8cccc(C)c8)cc7)cc6)cc5)c5ccc(N(c6ccccc6)c6ccc(-c7ccc(N(c8ccccc8)c8cccc(C)c8)cc7)cc6)cc5)cc4)cc3)cc2)c1. The Hall–Kier alpha value is -15.4. The lowest BCUT2D eigenvalue weighted by Gasteiger charge is -2.30. The summed E-state index contributed by atoms with van der Waals surface area (Å²) >= 11 is 0. The van der Waals surface area contributed by atoms with Crippen molar-refractivity contribution in [3.63, 3.8) is 0 Å². The first-order chi connectivity index (χ1) is 58.2. The molecule has 0 bridgehead atoms. The number of para-hydroxylation sites is 6. The van der Waals surface area contributed by atoms with Crippen LogP contribution in [-0.2, 0) is 0 Å². The van der Waals surface area contributed by atoms with Gasteiger partial charge >= 0.3 is 0 Å². The number of nitrogens with zero attached hydrogens (tertiary/aromatic N) is 7. The molecule has 0 amide bonds. The van der Waals surface area contributed by atoms with Crippen LogP contribution in [0.15, 0.2) is 473 Å². The van der Waals surface area contributed by atoms with Gasteiger partial charge in [0.25, 0.3) is 0 Å². The molecule has 0 N–H and O–H groups in total. The van der Waals surface area contributed by atoms with Crippen LogP contribution in [0.5, 0.6) is 0 Å². The van der Waals surface area contributed by atoms with Crippen molar-refractivity contribution in [1.82, 2.24) is 0 Å². The average Bonchev–Trinajstić information content (AvgIpc) is 0.434. The highest BCUT2D eigenvalue weighted by molar-refractivity contribution is 5.89. The zero-order chi connectivity index (χ0) is 79.5. The van der Waals surface area contributed by atoms with Crippen molar-refractivity contribution in [2.75, 3.05) is 34.3 Å². The van der Waals surface area contributed by atoms with E-state index < -0.39 is 0 Å². The summed E-state index contributed by atoms with van der Waals surface area (Å²) in [5, 5.41) is 0. The number of hydrogen-bond donors (Lipinski definition) is 0. The van der Waals surface area contributed by atoms with Gasteiger partial charge in [-0.05, 0) is 326 Å². The lowest BCUT2D eigenvalue weighted by molar-refractivity contribution is 1.24. The maximum atomic E-state index is 2.37. The summed E-state index contributed by atoms with van der Waals surface area (Å²) in [7, 11) is 0. The Morgan fingerprint density at radius 3 is 0.347 bits per heavy atom. The average molecular weight is 1520 g/mol. The zero-order valence-corrected chi connectivity index (χ0v) is 66.2. The molecule has 0 unspecified atom stereocenters. The van der Waals surface area contributed by atoms with E-state index in [1.54, 1.807) is 0 Å². The van der Waals surface area contributed by atoms with Crippen molar-refractivity contribution in [1.29, 1.82) is 0 Å². The second-order valence-corrected chi connectivity index (χ2v) is 29.7. The Kier molecular flexibility index (Phi) is 21.4. The van der Waals surface area contributed by atoms with E-state index in [1.807, 2.05) is 0 Å². The van der Waals surface area contributed by atoms with Crippen molar-refractivity contribution in [2.24, 2.45) is 0 Å². The van der Waals surface area contributed by atoms with Crippen LogP contribution in [-0.4, -0.2) is 0 Å². The van der Waals surface area contributed by atoms with Crippen molar-refractivity contribution in [3.8, 4) is 33.4 Å². The maximum absolute atomic E-state index is 2.37. The van der Waals surface area contributed by atoms with E-state index in [2.05, 4.69) is 528 Å². The van der Waals surface area contributed by atoms with E-state index in [-0.39, 0.29) is 0 Å². The summed E-state index contributed by atoms with van der Waals surface area (Å²) in [4.78, 5) is 16.3. The van der Waals surface area contributed by atoms with E-state index in [1.165, 1.54) is 16.7 Å². The second-order valence-electron chi connectivity index (χ2n) is 29.7. The van der Waals surface area contributed by atoms with Gasteiger partial charge in [-0.2, -0.15) is 0 Å². The van der Waals surface area contributed by atoms with E-state index in [4.69, 9.17) is 0 Å². The highest BCUT2D eigenvalue weighted by Gasteiger charge is 2.23. The van der Waals surface area contributed by atoms with Crippen molar-refractivity contribution in [2.45, 2.75) is 20.8 Å². The summed E-state index contributed by atoms with van der Waals surface area (Å²) < 4.78 is 0. The van der Waals surface area contributed by atoms with Crippen molar-refractivity contribution < 1.29 is 0 Å². The van der Waals surface area contributed by atoms with Gasteiger partial charge in [0, 0.05) is 119 Å². The van der Waals surface area contributed by atoms with Crippen molar-refractivity contribution >= 4 is 119 Å². The first-order valence-corrected chi connectivity index (χ1v) is 40.3. The minimum Gasteiger partial charge on any atom is -0.311 e. The van der Waals surface area contributed by atoms with Crippen LogP contribution in [0.1, 0.15) is 16.7 Å². The molecule has 0 aliphatic carbocycles. The largest absolute Gasteiger partial charge is 0.311 e. The Morgan fingerprint density at radius 2 is 0.212 bits per heavy atom. The fourth-order valence-electron chi connectivity index (χ4n) is 16.0. The minimum absolute atomic E-state index is 1.00. The van der Waals surface area contributed by atoms with E-state index in [0.29, 0.717) is 0 Å². The highest BCUT2D eigenvalue weighted by Crippen LogP contribution is 2.47. The third-order valence-corrected chi connectivity index (χ3v) is 21.7. The van der Waals surface area contributed by atoms with Gasteiger partial charge < -0.3 is 34.3 Å². The van der Waals surface area contributed by atoms with Gasteiger partial charge in [0.2, 0.25) is 0 Å². The molecule has 0 atom stereocenters. The number of benzene rings is 18. The van der Waals surface area contributed by atoms with Crippen LogP contribution in [0.4, 0.5) is 119 Å². The molecule has 7 nitrogen and oxygen atoms in total. The van der Waals surface area contributed by atoms with Crippen LogP contribution in [0, 0.1) is 20.8 Å². The molecule has 0 aliphatic heterocycles. The Labute approximate surface area is 693 Å². The zero-order valence-electron chi connectivity index (χ0n) is 66.2. The summed E-state index contributed by atoms with van der Waals surface area (Å²) in [5.41, 5.74) is 32.8. The van der Waals surface area contributed by atoms with E-state index >= 15 is 0 Å². The van der Waals surface area contributed by atoms with Gasteiger partial charge in [-0.1, -0.05) is 218 Å². The topological polar surface area (TPSA) is 22.7 Å². The molecule has 0 fully saturated rings. The first-order valence-electron chi connectivity index (χ1n) is 40.3. The molecule has 18 aromatic carbocycles. The molecular weight excluding hydrogens is 1430 g/mol. The normalized spacial score (nSPS) is 11.0. The van der Waals surface area contributed by atoms with Crippen LogP contribution < -0.4 is 34.3 Å². The van der Waals surface area contributed by atoms with Gasteiger partial charge in [0.05, 0.1) is 0 Å². The van der Waals surface area contributed by atoms with Crippen LogP contribution >= 0.6 is 0 Å². The van der Waals surface area contributed by atoms with Crippen LogP contribution in [0.3, 0.4) is 0 Å². The predicted molar refractivity (Wildman–Crippen MR) is 500 cm³/mol. The summed E-state index contributed by atoms with van der Waals surface area (Å²) in [6.07, 6.45) is 0. The number of hydrogen-bond acceptors (Lipinski definition) is 7. The summed E-state index contributed by atoms with van der Waals surface area (Å²) in [6.45, 7) is 6.44. The van der Waals surface area contributed by atoms with Crippen molar-refractivity contribution in [3.05, 3.63) is 490 Å². The first kappa shape index (κ1) is 74.0. The fourth-order valence-corrected chi connectivity index (χ4v) is 16.0. The van der Waals surface area contributed by atoms with Gasteiger partial charge in [-0.25, -0.2) is 0 Å². The molecule has 18 aromatic rings. The summed E-state index contributed by atoms with van der Waals surface area (Å²) in [5.74, 6) is 0. The molecule has 0 radical (unpaired) electrons. The molecule has 0 saturated carbocycles. The fraction of sp³-hybridized carbons (Fsp3) is 0.0270. The quantitative estimate of drug-likeness (QED) is 0.0594. The number of aryl methyl sites for hydroxylation is 3. The maximum Gasteiger partial charge on any atom is 0.0464 e. The number of rotatable bonds is 24. The van der Waals surface area contributed by atoms with Crippen LogP contribution in [0.2, 0.25) is 0 Å². The molecular formula is C111H87N7. The van der Waals surface area contributed by atoms with Gasteiger partial charge in [-0.3, -0.25) is 0 Å². The van der Waals surface area contributed by atoms with E-state index in [9.17, 15) is 0 Å². The molecule has 0 heterocycles. The second kappa shape index (κ2) is 34.1. The minimum atomic E-state index is 1.00. The third-order valence-electron chi connectivity index (χ3n) is 21.7. The highest BCUT2D eigenvalue weighted by atomic mass is 15.2. The molecule has 0 saturated heterocycles. The Morgan fingerprint density at radius 1 is 0.102 bits per heavy atom. The molecule has 7 heteroatoms. The molecule has 0 aromatic heterocycles. The van der Waals surface area contributed by atoms with Crippen LogP contribution in [0.25, 0.3) is 33.4 Å². The molecule has 566 valence electrons. The molecule has 118 heavy (non-hydrogen) atoms. The molecule has 0 spiro atoms. The lowest BCUT2D eigenvalue weighted by Crippen LogP contribution is -2.14. The van der Waals surface area contributed by atoms with Gasteiger partial charge in [-0.15, -0.1) is 0 Å². The third kappa shape index (κ3) is 16.1. The molecule has 0 aliphatic rings. The smallest absolute Gasteiger partial charge is 0.0464 e.